The van der Waals surface area contributed by atoms with Gasteiger partial charge in [0.15, 0.2) is 5.13 Å². The molecule has 5 nitrogen and oxygen atoms in total. The molecule has 0 aliphatic heterocycles. The van der Waals surface area contributed by atoms with E-state index in [9.17, 15) is 9.59 Å². The van der Waals surface area contributed by atoms with Crippen molar-refractivity contribution < 1.29 is 4.79 Å². The lowest BCUT2D eigenvalue weighted by atomic mass is 10.2. The van der Waals surface area contributed by atoms with E-state index in [1.54, 1.807) is 29.3 Å². The Morgan fingerprint density at radius 1 is 1.19 bits per heavy atom. The van der Waals surface area contributed by atoms with Gasteiger partial charge in [-0.25, -0.2) is 4.98 Å². The number of hydrogen-bond donors (Lipinski definition) is 0. The first kappa shape index (κ1) is 17.8. The lowest BCUT2D eigenvalue weighted by Crippen LogP contribution is -2.32. The second-order valence-corrected chi connectivity index (χ2v) is 6.49. The first-order chi connectivity index (χ1) is 12.7. The maximum absolute atomic E-state index is 12.7. The molecule has 0 aliphatic carbocycles. The second-order valence-electron chi connectivity index (χ2n) is 5.66. The Kier molecular flexibility index (Phi) is 5.76. The predicted octanol–water partition coefficient (Wildman–Crippen LogP) is 3.58. The largest absolute Gasteiger partial charge is 0.315 e. The van der Waals surface area contributed by atoms with Crippen molar-refractivity contribution in [2.45, 2.75) is 13.0 Å². The van der Waals surface area contributed by atoms with Crippen molar-refractivity contribution in [2.24, 2.45) is 0 Å². The van der Waals surface area contributed by atoms with E-state index in [2.05, 4.69) is 11.6 Å². The van der Waals surface area contributed by atoms with Crippen LogP contribution in [0.4, 0.5) is 5.13 Å². The van der Waals surface area contributed by atoms with E-state index in [0.717, 1.165) is 11.3 Å². The fourth-order valence-corrected chi connectivity index (χ4v) is 3.40. The van der Waals surface area contributed by atoms with Gasteiger partial charge >= 0.3 is 0 Å². The Labute approximate surface area is 155 Å². The third-order valence-electron chi connectivity index (χ3n) is 3.87. The van der Waals surface area contributed by atoms with Crippen molar-refractivity contribution >= 4 is 22.4 Å². The van der Waals surface area contributed by atoms with E-state index in [4.69, 9.17) is 0 Å². The molecule has 1 amide bonds. The second kappa shape index (κ2) is 8.40. The van der Waals surface area contributed by atoms with Gasteiger partial charge in [-0.2, -0.15) is 0 Å². The summed E-state index contributed by atoms with van der Waals surface area (Å²) in [6.07, 6.45) is 3.58. The van der Waals surface area contributed by atoms with Gasteiger partial charge in [0.05, 0.1) is 5.69 Å². The average molecular weight is 365 g/mol. The molecule has 0 bridgehead atoms. The minimum Gasteiger partial charge on any atom is -0.315 e. The quantitative estimate of drug-likeness (QED) is 0.601. The number of aromatic nitrogens is 2. The number of benzene rings is 1. The molecule has 0 radical (unpaired) electrons. The third kappa shape index (κ3) is 4.15. The molecule has 0 saturated carbocycles. The number of thiazole rings is 1. The Bertz CT molecular complexity index is 947. The van der Waals surface area contributed by atoms with Gasteiger partial charge in [-0.05, 0) is 6.07 Å². The van der Waals surface area contributed by atoms with E-state index in [1.165, 1.54) is 22.0 Å². The molecule has 0 atom stereocenters. The number of amides is 1. The van der Waals surface area contributed by atoms with Gasteiger partial charge in [0.2, 0.25) is 5.91 Å². The molecule has 6 heteroatoms. The molecule has 0 unspecified atom stereocenters. The first-order valence-corrected chi connectivity index (χ1v) is 9.14. The van der Waals surface area contributed by atoms with Crippen LogP contribution in [0.2, 0.25) is 0 Å². The lowest BCUT2D eigenvalue weighted by Gasteiger charge is -2.18. The van der Waals surface area contributed by atoms with E-state index in [0.29, 0.717) is 18.2 Å². The fraction of sp³-hybridized carbons (Fsp3) is 0.150. The first-order valence-electron chi connectivity index (χ1n) is 8.26. The van der Waals surface area contributed by atoms with Crippen molar-refractivity contribution in [3.05, 3.63) is 83.1 Å². The molecular weight excluding hydrogens is 346 g/mol. The van der Waals surface area contributed by atoms with Gasteiger partial charge < -0.3 is 4.57 Å². The van der Waals surface area contributed by atoms with Crippen LogP contribution >= 0.6 is 11.3 Å². The number of carbonyl (C=O) groups is 1. The minimum atomic E-state index is -0.115. The highest BCUT2D eigenvalue weighted by Gasteiger charge is 2.18. The zero-order chi connectivity index (χ0) is 18.4. The molecule has 0 saturated heterocycles. The number of carbonyl (C=O) groups excluding carboxylic acids is 1. The zero-order valence-electron chi connectivity index (χ0n) is 14.2. The van der Waals surface area contributed by atoms with Crippen molar-refractivity contribution in [2.75, 3.05) is 11.4 Å². The van der Waals surface area contributed by atoms with E-state index in [-0.39, 0.29) is 17.9 Å². The van der Waals surface area contributed by atoms with Crippen LogP contribution in [0.15, 0.2) is 77.6 Å². The Morgan fingerprint density at radius 2 is 1.96 bits per heavy atom. The molecule has 3 rings (SSSR count). The molecular formula is C20H19N3O2S. The van der Waals surface area contributed by atoms with Crippen LogP contribution in [0.25, 0.3) is 11.3 Å². The van der Waals surface area contributed by atoms with Gasteiger partial charge in [0.25, 0.3) is 5.56 Å². The Balaban J connectivity index is 1.75. The number of rotatable bonds is 7. The van der Waals surface area contributed by atoms with Gasteiger partial charge in [0, 0.05) is 42.7 Å². The number of nitrogens with zero attached hydrogens (tertiary/aromatic N) is 3. The van der Waals surface area contributed by atoms with E-state index >= 15 is 0 Å². The van der Waals surface area contributed by atoms with Gasteiger partial charge in [-0.3, -0.25) is 14.5 Å². The highest BCUT2D eigenvalue weighted by Crippen LogP contribution is 2.27. The molecule has 26 heavy (non-hydrogen) atoms. The van der Waals surface area contributed by atoms with Crippen LogP contribution in [-0.4, -0.2) is 22.0 Å². The van der Waals surface area contributed by atoms with Gasteiger partial charge in [-0.1, -0.05) is 42.5 Å². The van der Waals surface area contributed by atoms with Crippen LogP contribution in [0, 0.1) is 0 Å². The van der Waals surface area contributed by atoms with Gasteiger partial charge in [0.1, 0.15) is 0 Å². The number of anilines is 1. The molecule has 132 valence electrons. The van der Waals surface area contributed by atoms with Crippen LogP contribution in [-0.2, 0) is 11.3 Å². The van der Waals surface area contributed by atoms with E-state index in [1.807, 2.05) is 35.7 Å². The summed E-state index contributed by atoms with van der Waals surface area (Å²) in [7, 11) is 0. The number of hydrogen-bond acceptors (Lipinski definition) is 4. The third-order valence-corrected chi connectivity index (χ3v) is 4.73. The molecule has 2 aromatic heterocycles. The summed E-state index contributed by atoms with van der Waals surface area (Å²) in [5.41, 5.74) is 1.74. The molecule has 2 heterocycles. The Morgan fingerprint density at radius 3 is 2.69 bits per heavy atom. The van der Waals surface area contributed by atoms with Crippen molar-refractivity contribution in [3.8, 4) is 11.3 Å². The highest BCUT2D eigenvalue weighted by atomic mass is 32.1. The maximum Gasteiger partial charge on any atom is 0.250 e. The number of aryl methyl sites for hydroxylation is 1. The van der Waals surface area contributed by atoms with Crippen molar-refractivity contribution in [3.63, 3.8) is 0 Å². The monoisotopic (exact) mass is 365 g/mol. The SMILES string of the molecule is C=CCN(C(=O)CCn1ccccc1=O)c1nc(-c2ccccc2)cs1. The molecule has 0 N–H and O–H groups in total. The Hall–Kier alpha value is -2.99. The van der Waals surface area contributed by atoms with Crippen LogP contribution in [0.3, 0.4) is 0 Å². The van der Waals surface area contributed by atoms with Gasteiger partial charge in [-0.15, -0.1) is 17.9 Å². The maximum atomic E-state index is 12.7. The fourth-order valence-electron chi connectivity index (χ4n) is 2.54. The summed E-state index contributed by atoms with van der Waals surface area (Å²) in [6, 6.07) is 14.8. The highest BCUT2D eigenvalue weighted by molar-refractivity contribution is 7.14. The standard InChI is InChI=1S/C20H19N3O2S/c1-2-12-23(19(25)11-14-22-13-7-6-10-18(22)24)20-21-17(15-26-20)16-8-4-3-5-9-16/h2-10,13,15H,1,11-12,14H2. The molecule has 1 aromatic carbocycles. The van der Waals surface area contributed by atoms with Crippen LogP contribution in [0.5, 0.6) is 0 Å². The smallest absolute Gasteiger partial charge is 0.250 e. The summed E-state index contributed by atoms with van der Waals surface area (Å²) in [4.78, 5) is 30.7. The molecule has 0 spiro atoms. The topological polar surface area (TPSA) is 55.2 Å². The summed E-state index contributed by atoms with van der Waals surface area (Å²) in [5.74, 6) is -0.0883. The molecule has 0 fully saturated rings. The van der Waals surface area contributed by atoms with Crippen LogP contribution < -0.4 is 10.5 Å². The van der Waals surface area contributed by atoms with Crippen LogP contribution in [0.1, 0.15) is 6.42 Å². The molecule has 3 aromatic rings. The summed E-state index contributed by atoms with van der Waals surface area (Å²) in [6.45, 7) is 4.45. The number of pyridine rings is 1. The summed E-state index contributed by atoms with van der Waals surface area (Å²) < 4.78 is 1.53. The van der Waals surface area contributed by atoms with E-state index < -0.39 is 0 Å². The average Bonchev–Trinajstić information content (AvgIpc) is 3.16. The summed E-state index contributed by atoms with van der Waals surface area (Å²) in [5, 5.41) is 2.57. The van der Waals surface area contributed by atoms with Crippen molar-refractivity contribution in [1.29, 1.82) is 0 Å². The molecule has 0 aliphatic rings. The zero-order valence-corrected chi connectivity index (χ0v) is 15.1. The normalized spacial score (nSPS) is 10.5. The predicted molar refractivity (Wildman–Crippen MR) is 105 cm³/mol. The minimum absolute atomic E-state index is 0.0883. The van der Waals surface area contributed by atoms with Crippen molar-refractivity contribution in [1.82, 2.24) is 9.55 Å². The summed E-state index contributed by atoms with van der Waals surface area (Å²) >= 11 is 1.42. The lowest BCUT2D eigenvalue weighted by molar-refractivity contribution is -0.118.